The molecule has 8 heteroatoms. The van der Waals surface area contributed by atoms with E-state index >= 15 is 0 Å². The molecule has 6 rings (SSSR count). The summed E-state index contributed by atoms with van der Waals surface area (Å²) in [5.41, 5.74) is 4.65. The first-order valence-electron chi connectivity index (χ1n) is 9.59. The molecule has 0 spiro atoms. The van der Waals surface area contributed by atoms with Crippen molar-refractivity contribution in [3.63, 3.8) is 0 Å². The van der Waals surface area contributed by atoms with Crippen molar-refractivity contribution in [1.29, 1.82) is 0 Å². The molecule has 0 aliphatic rings. The van der Waals surface area contributed by atoms with Crippen LogP contribution in [-0.4, -0.2) is 29.0 Å². The average Bonchev–Trinajstić information content (AvgIpc) is 3.43. The standard InChI is InChI=1S/C9H8N2O.C8H7NS.C6H5N3/c1-7-6-9(12)11-5-3-2-4-8(11)10-7;1-6-4-8-7(9-5-6)2-3-10-8;1-2-6-7-4-5-9(6)8-3-1/h2-6H,1H3;2-5H,1H3;1-5H. The van der Waals surface area contributed by atoms with Crippen LogP contribution in [0.5, 0.6) is 0 Å². The van der Waals surface area contributed by atoms with E-state index in [-0.39, 0.29) is 5.56 Å². The molecule has 0 unspecified atom stereocenters. The van der Waals surface area contributed by atoms with Crippen molar-refractivity contribution in [3.8, 4) is 0 Å². The van der Waals surface area contributed by atoms with Gasteiger partial charge in [0.2, 0.25) is 0 Å². The third-order valence-electron chi connectivity index (χ3n) is 4.31. The summed E-state index contributed by atoms with van der Waals surface area (Å²) in [4.78, 5) is 23.8. The largest absolute Gasteiger partial charge is 0.269 e. The molecule has 31 heavy (non-hydrogen) atoms. The van der Waals surface area contributed by atoms with E-state index < -0.39 is 0 Å². The molecule has 0 saturated carbocycles. The number of hydrogen-bond acceptors (Lipinski definition) is 6. The average molecular weight is 429 g/mol. The number of aromatic nitrogens is 6. The van der Waals surface area contributed by atoms with Crippen LogP contribution in [0, 0.1) is 13.8 Å². The van der Waals surface area contributed by atoms with Gasteiger partial charge in [-0.2, -0.15) is 5.10 Å². The van der Waals surface area contributed by atoms with Gasteiger partial charge in [0.05, 0.1) is 10.2 Å². The minimum Gasteiger partial charge on any atom is -0.269 e. The minimum atomic E-state index is -0.0295. The number of fused-ring (bicyclic) bond motifs is 3. The maximum atomic E-state index is 11.3. The minimum absolute atomic E-state index is 0.0295. The van der Waals surface area contributed by atoms with Gasteiger partial charge in [0.1, 0.15) is 5.65 Å². The van der Waals surface area contributed by atoms with Gasteiger partial charge in [0.25, 0.3) is 5.56 Å². The van der Waals surface area contributed by atoms with E-state index in [2.05, 4.69) is 38.4 Å². The molecule has 0 bridgehead atoms. The van der Waals surface area contributed by atoms with E-state index in [4.69, 9.17) is 0 Å². The fraction of sp³-hybridized carbons (Fsp3) is 0.0870. The zero-order chi connectivity index (χ0) is 21.6. The molecule has 7 nitrogen and oxygen atoms in total. The maximum absolute atomic E-state index is 11.3. The maximum Gasteiger partial charge on any atom is 0.258 e. The Morgan fingerprint density at radius 2 is 1.77 bits per heavy atom. The summed E-state index contributed by atoms with van der Waals surface area (Å²) in [6.07, 6.45) is 8.88. The van der Waals surface area contributed by atoms with Crippen LogP contribution in [0.25, 0.3) is 21.5 Å². The van der Waals surface area contributed by atoms with Gasteiger partial charge in [0.15, 0.2) is 5.65 Å². The Labute approximate surface area is 182 Å². The smallest absolute Gasteiger partial charge is 0.258 e. The van der Waals surface area contributed by atoms with Crippen molar-refractivity contribution in [3.05, 3.63) is 107 Å². The van der Waals surface area contributed by atoms with E-state index in [1.54, 1.807) is 34.4 Å². The Morgan fingerprint density at radius 1 is 0.903 bits per heavy atom. The lowest BCUT2D eigenvalue weighted by Crippen LogP contribution is -2.13. The van der Waals surface area contributed by atoms with Crippen molar-refractivity contribution in [2.45, 2.75) is 13.8 Å². The Bertz CT molecular complexity index is 1470. The second-order valence-corrected chi connectivity index (χ2v) is 7.68. The van der Waals surface area contributed by atoms with Crippen LogP contribution in [0.4, 0.5) is 0 Å². The molecule has 0 aromatic carbocycles. The van der Waals surface area contributed by atoms with E-state index in [1.165, 1.54) is 20.7 Å². The predicted octanol–water partition coefficient (Wildman–Crippen LogP) is 4.34. The third-order valence-corrected chi connectivity index (χ3v) is 5.16. The topological polar surface area (TPSA) is 77.5 Å². The Balaban J connectivity index is 0.000000113. The normalized spacial score (nSPS) is 10.4. The van der Waals surface area contributed by atoms with E-state index in [9.17, 15) is 4.79 Å². The van der Waals surface area contributed by atoms with Crippen molar-refractivity contribution >= 4 is 32.8 Å². The fourth-order valence-corrected chi connectivity index (χ4v) is 3.72. The number of imidazole rings is 1. The molecule has 0 aliphatic heterocycles. The number of rotatable bonds is 0. The Kier molecular flexibility index (Phi) is 6.09. The second-order valence-electron chi connectivity index (χ2n) is 6.73. The number of nitrogens with zero attached hydrogens (tertiary/aromatic N) is 6. The van der Waals surface area contributed by atoms with Gasteiger partial charge in [-0.1, -0.05) is 6.07 Å². The number of pyridine rings is 2. The monoisotopic (exact) mass is 428 g/mol. The first-order chi connectivity index (χ1) is 15.1. The van der Waals surface area contributed by atoms with Gasteiger partial charge in [-0.05, 0) is 61.2 Å². The molecule has 0 radical (unpaired) electrons. The third kappa shape index (κ3) is 4.99. The lowest BCUT2D eigenvalue weighted by atomic mass is 10.3. The van der Waals surface area contributed by atoms with Gasteiger partial charge >= 0.3 is 0 Å². The van der Waals surface area contributed by atoms with Crippen molar-refractivity contribution in [1.82, 2.24) is 29.0 Å². The molecule has 6 aromatic rings. The molecule has 6 heterocycles. The lowest BCUT2D eigenvalue weighted by molar-refractivity contribution is 0.936. The predicted molar refractivity (Wildman–Crippen MR) is 124 cm³/mol. The molecular weight excluding hydrogens is 408 g/mol. The SMILES string of the molecule is Cc1cc(=O)n2ccccc2n1.Cc1cnc2ccsc2c1.c1cnn2ccnc2c1. The first-order valence-corrected chi connectivity index (χ1v) is 10.5. The lowest BCUT2D eigenvalue weighted by Gasteiger charge is -1.98. The molecule has 0 atom stereocenters. The van der Waals surface area contributed by atoms with E-state index in [1.807, 2.05) is 55.7 Å². The van der Waals surface area contributed by atoms with Crippen LogP contribution >= 0.6 is 11.3 Å². The Morgan fingerprint density at radius 3 is 2.65 bits per heavy atom. The highest BCUT2D eigenvalue weighted by Gasteiger charge is 1.96. The Hall–Kier alpha value is -3.91. The number of aryl methyl sites for hydroxylation is 2. The van der Waals surface area contributed by atoms with Crippen LogP contribution in [0.1, 0.15) is 11.3 Å². The summed E-state index contributed by atoms with van der Waals surface area (Å²) in [5, 5.41) is 6.06. The van der Waals surface area contributed by atoms with Crippen LogP contribution < -0.4 is 5.56 Å². The van der Waals surface area contributed by atoms with Crippen molar-refractivity contribution in [2.75, 3.05) is 0 Å². The second kappa shape index (κ2) is 9.27. The van der Waals surface area contributed by atoms with Crippen LogP contribution in [0.2, 0.25) is 0 Å². The number of hydrogen-bond donors (Lipinski definition) is 0. The van der Waals surface area contributed by atoms with Gasteiger partial charge in [-0.15, -0.1) is 11.3 Å². The molecule has 154 valence electrons. The fourth-order valence-electron chi connectivity index (χ4n) is 2.88. The highest BCUT2D eigenvalue weighted by molar-refractivity contribution is 7.17. The van der Waals surface area contributed by atoms with Crippen LogP contribution in [0.15, 0.2) is 89.7 Å². The van der Waals surface area contributed by atoms with Gasteiger partial charge < -0.3 is 0 Å². The molecule has 6 aromatic heterocycles. The van der Waals surface area contributed by atoms with E-state index in [0.717, 1.165) is 16.9 Å². The molecule has 0 saturated heterocycles. The zero-order valence-corrected chi connectivity index (χ0v) is 17.9. The summed E-state index contributed by atoms with van der Waals surface area (Å²) in [7, 11) is 0. The van der Waals surface area contributed by atoms with E-state index in [0.29, 0.717) is 5.65 Å². The van der Waals surface area contributed by atoms with Crippen LogP contribution in [0.3, 0.4) is 0 Å². The summed E-state index contributed by atoms with van der Waals surface area (Å²) >= 11 is 1.74. The highest BCUT2D eigenvalue weighted by Crippen LogP contribution is 2.18. The molecule has 0 aliphatic carbocycles. The van der Waals surface area contributed by atoms with Crippen LogP contribution in [-0.2, 0) is 0 Å². The number of thiophene rings is 1. The van der Waals surface area contributed by atoms with Gasteiger partial charge in [0, 0.05) is 42.7 Å². The van der Waals surface area contributed by atoms with Crippen molar-refractivity contribution in [2.24, 2.45) is 0 Å². The molecule has 0 N–H and O–H groups in total. The van der Waals surface area contributed by atoms with Crippen molar-refractivity contribution < 1.29 is 0 Å². The summed E-state index contributed by atoms with van der Waals surface area (Å²) in [6.45, 7) is 3.88. The molecule has 0 amide bonds. The summed E-state index contributed by atoms with van der Waals surface area (Å²) < 4.78 is 4.52. The first kappa shape index (κ1) is 20.4. The van der Waals surface area contributed by atoms with Gasteiger partial charge in [-0.25, -0.2) is 14.5 Å². The highest BCUT2D eigenvalue weighted by atomic mass is 32.1. The molecular formula is C23H20N6OS. The van der Waals surface area contributed by atoms with Gasteiger partial charge in [-0.3, -0.25) is 14.2 Å². The zero-order valence-electron chi connectivity index (χ0n) is 17.1. The summed E-state index contributed by atoms with van der Waals surface area (Å²) in [6, 6.07) is 15.0. The molecule has 0 fully saturated rings. The quantitative estimate of drug-likeness (QED) is 0.360. The summed E-state index contributed by atoms with van der Waals surface area (Å²) in [5.74, 6) is 0.